The van der Waals surface area contributed by atoms with Crippen molar-refractivity contribution in [1.82, 2.24) is 4.90 Å². The topological polar surface area (TPSA) is 71.0 Å². The lowest BCUT2D eigenvalue weighted by Gasteiger charge is -2.40. The first-order valence-electron chi connectivity index (χ1n) is 10.4. The predicted molar refractivity (Wildman–Crippen MR) is 124 cm³/mol. The minimum Gasteiger partial charge on any atom is -0.463 e. The predicted octanol–water partition coefficient (Wildman–Crippen LogP) is 4.63. The zero-order chi connectivity index (χ0) is 21.8. The lowest BCUT2D eigenvalue weighted by molar-refractivity contribution is -0.139. The maximum absolute atomic E-state index is 12.9. The van der Waals surface area contributed by atoms with Crippen LogP contribution in [0.3, 0.4) is 0 Å². The monoisotopic (exact) mass is 435 g/mol. The Bertz CT molecular complexity index is 1050. The Morgan fingerprint density at radius 3 is 2.77 bits per heavy atom. The van der Waals surface area contributed by atoms with Gasteiger partial charge in [-0.2, -0.15) is 0 Å². The Balaban J connectivity index is 1.69. The van der Waals surface area contributed by atoms with Gasteiger partial charge in [0.05, 0.1) is 23.9 Å². The van der Waals surface area contributed by atoms with Crippen molar-refractivity contribution in [3.63, 3.8) is 0 Å². The summed E-state index contributed by atoms with van der Waals surface area (Å²) in [5.74, 6) is 0.494. The number of nitrogens with one attached hydrogen (secondary N) is 1. The van der Waals surface area contributed by atoms with Crippen LogP contribution in [0.2, 0.25) is 0 Å². The minimum absolute atomic E-state index is 0.172. The van der Waals surface area contributed by atoms with Gasteiger partial charge in [0.1, 0.15) is 0 Å². The number of ether oxygens (including phenoxy) is 1. The largest absolute Gasteiger partial charge is 0.463 e. The van der Waals surface area contributed by atoms with Crippen LogP contribution in [0, 0.1) is 0 Å². The molecule has 0 unspecified atom stereocenters. The van der Waals surface area contributed by atoms with Gasteiger partial charge in [0, 0.05) is 23.5 Å². The fraction of sp³-hybridized carbons (Fsp3) is 0.292. The van der Waals surface area contributed by atoms with Crippen molar-refractivity contribution in [2.75, 3.05) is 24.2 Å². The normalized spacial score (nSPS) is 18.2. The van der Waals surface area contributed by atoms with E-state index in [1.807, 2.05) is 49.4 Å². The third-order valence-electron chi connectivity index (χ3n) is 5.25. The summed E-state index contributed by atoms with van der Waals surface area (Å²) in [6.45, 7) is 4.78. The van der Waals surface area contributed by atoms with Crippen LogP contribution in [-0.2, 0) is 9.53 Å². The van der Waals surface area contributed by atoms with Crippen LogP contribution in [0.4, 0.5) is 5.69 Å². The smallest absolute Gasteiger partial charge is 0.338 e. The van der Waals surface area contributed by atoms with Gasteiger partial charge in [-0.25, -0.2) is 9.79 Å². The van der Waals surface area contributed by atoms with E-state index < -0.39 is 0 Å². The standard InChI is InChI=1S/C24H25N3O3S/c1-3-30-23(29)20-16(2)25-24-27(13-8-14-31-24)21(20)18-11-7-12-19(15-18)26-22(28)17-9-5-4-6-10-17/h4-7,9-12,15,21H,3,8,13-14H2,1-2H3,(H,26,28)/t21-/m0/s1. The van der Waals surface area contributed by atoms with Crippen molar-refractivity contribution in [2.45, 2.75) is 26.3 Å². The number of anilines is 1. The Kier molecular flexibility index (Phi) is 6.42. The number of fused-ring (bicyclic) bond motifs is 1. The number of allylic oxidation sites excluding steroid dienone is 1. The minimum atomic E-state index is -0.345. The maximum atomic E-state index is 12.9. The molecule has 2 aliphatic rings. The molecule has 1 saturated heterocycles. The van der Waals surface area contributed by atoms with E-state index in [1.165, 1.54) is 0 Å². The van der Waals surface area contributed by atoms with Gasteiger partial charge in [0.25, 0.3) is 5.91 Å². The highest BCUT2D eigenvalue weighted by atomic mass is 32.2. The van der Waals surface area contributed by atoms with E-state index in [0.29, 0.717) is 29.1 Å². The van der Waals surface area contributed by atoms with E-state index in [9.17, 15) is 9.59 Å². The molecule has 0 radical (unpaired) electrons. The molecule has 0 aromatic heterocycles. The molecule has 7 heteroatoms. The summed E-state index contributed by atoms with van der Waals surface area (Å²) in [7, 11) is 0. The van der Waals surface area contributed by atoms with Crippen LogP contribution in [0.5, 0.6) is 0 Å². The number of hydrogen-bond acceptors (Lipinski definition) is 6. The average molecular weight is 436 g/mol. The van der Waals surface area contributed by atoms with Gasteiger partial charge in [-0.15, -0.1) is 0 Å². The number of amidine groups is 1. The van der Waals surface area contributed by atoms with Crippen molar-refractivity contribution < 1.29 is 14.3 Å². The van der Waals surface area contributed by atoms with Crippen molar-refractivity contribution in [3.05, 3.63) is 77.0 Å². The third-order valence-corrected chi connectivity index (χ3v) is 6.33. The molecule has 160 valence electrons. The SMILES string of the molecule is CCOC(=O)C1=C(C)N=C2SCCCN2[C@H]1c1cccc(NC(=O)c2ccccc2)c1. The zero-order valence-electron chi connectivity index (χ0n) is 17.6. The summed E-state index contributed by atoms with van der Waals surface area (Å²) < 4.78 is 5.37. The molecule has 0 bridgehead atoms. The Morgan fingerprint density at radius 1 is 1.19 bits per heavy atom. The van der Waals surface area contributed by atoms with Crippen molar-refractivity contribution in [2.24, 2.45) is 4.99 Å². The van der Waals surface area contributed by atoms with Gasteiger partial charge in [0.2, 0.25) is 0 Å². The van der Waals surface area contributed by atoms with E-state index in [2.05, 4.69) is 15.2 Å². The summed E-state index contributed by atoms with van der Waals surface area (Å²) >= 11 is 1.71. The molecule has 1 fully saturated rings. The molecule has 2 aromatic carbocycles. The number of benzene rings is 2. The Labute approximate surface area is 186 Å². The van der Waals surface area contributed by atoms with Crippen molar-refractivity contribution in [1.29, 1.82) is 0 Å². The average Bonchev–Trinajstić information content (AvgIpc) is 2.79. The van der Waals surface area contributed by atoms with Crippen LogP contribution in [0.15, 0.2) is 70.9 Å². The molecule has 0 saturated carbocycles. The van der Waals surface area contributed by atoms with Gasteiger partial charge in [-0.3, -0.25) is 4.79 Å². The number of rotatable bonds is 5. The highest BCUT2D eigenvalue weighted by molar-refractivity contribution is 8.13. The number of hydrogen-bond donors (Lipinski definition) is 1. The van der Waals surface area contributed by atoms with Gasteiger partial charge < -0.3 is 15.0 Å². The van der Waals surface area contributed by atoms with E-state index in [1.54, 1.807) is 30.8 Å². The highest BCUT2D eigenvalue weighted by Crippen LogP contribution is 2.40. The Hall–Kier alpha value is -3.06. The van der Waals surface area contributed by atoms with Gasteiger partial charge in [0.15, 0.2) is 5.17 Å². The second-order valence-electron chi connectivity index (χ2n) is 7.36. The molecule has 1 amide bonds. The quantitative estimate of drug-likeness (QED) is 0.694. The van der Waals surface area contributed by atoms with Gasteiger partial charge in [-0.05, 0) is 50.1 Å². The van der Waals surface area contributed by atoms with Gasteiger partial charge in [-0.1, -0.05) is 42.1 Å². The molecular formula is C24H25N3O3S. The molecule has 1 atom stereocenters. The molecule has 0 spiro atoms. The van der Waals surface area contributed by atoms with Crippen LogP contribution in [0.25, 0.3) is 0 Å². The first kappa shape index (κ1) is 21.2. The molecule has 2 heterocycles. The first-order valence-corrected chi connectivity index (χ1v) is 11.4. The molecule has 4 rings (SSSR count). The van der Waals surface area contributed by atoms with E-state index >= 15 is 0 Å². The fourth-order valence-electron chi connectivity index (χ4n) is 3.86. The summed E-state index contributed by atoms with van der Waals surface area (Å²) in [6.07, 6.45) is 1.01. The van der Waals surface area contributed by atoms with E-state index in [4.69, 9.17) is 4.74 Å². The number of esters is 1. The van der Waals surface area contributed by atoms with Crippen LogP contribution in [-0.4, -0.2) is 40.8 Å². The summed E-state index contributed by atoms with van der Waals surface area (Å²) in [5.41, 5.74) is 3.43. The lowest BCUT2D eigenvalue weighted by Crippen LogP contribution is -2.42. The van der Waals surface area contributed by atoms with Gasteiger partial charge >= 0.3 is 5.97 Å². The molecule has 1 N–H and O–H groups in total. The third kappa shape index (κ3) is 4.51. The first-order chi connectivity index (χ1) is 15.1. The number of nitrogens with zero attached hydrogens (tertiary/aromatic N) is 2. The van der Waals surface area contributed by atoms with Crippen LogP contribution in [0.1, 0.15) is 42.2 Å². The lowest BCUT2D eigenvalue weighted by atomic mass is 9.94. The van der Waals surface area contributed by atoms with Crippen molar-refractivity contribution in [3.8, 4) is 0 Å². The molecule has 2 aromatic rings. The fourth-order valence-corrected chi connectivity index (χ4v) is 4.88. The van der Waals surface area contributed by atoms with Crippen LogP contribution >= 0.6 is 11.8 Å². The summed E-state index contributed by atoms with van der Waals surface area (Å²) in [6, 6.07) is 16.5. The second-order valence-corrected chi connectivity index (χ2v) is 8.42. The number of carbonyl (C=O) groups is 2. The van der Waals surface area contributed by atoms with Crippen molar-refractivity contribution >= 4 is 34.5 Å². The number of carbonyl (C=O) groups excluding carboxylic acids is 2. The highest BCUT2D eigenvalue weighted by Gasteiger charge is 2.37. The molecular weight excluding hydrogens is 410 g/mol. The number of thioether (sulfide) groups is 1. The molecule has 0 aliphatic carbocycles. The maximum Gasteiger partial charge on any atom is 0.338 e. The Morgan fingerprint density at radius 2 is 2.00 bits per heavy atom. The zero-order valence-corrected chi connectivity index (χ0v) is 18.4. The molecule has 31 heavy (non-hydrogen) atoms. The summed E-state index contributed by atoms with van der Waals surface area (Å²) in [5, 5.41) is 3.90. The second kappa shape index (κ2) is 9.39. The van der Waals surface area contributed by atoms with E-state index in [0.717, 1.165) is 29.4 Å². The number of aliphatic imine (C=N–C) groups is 1. The number of amides is 1. The molecule has 2 aliphatic heterocycles. The van der Waals surface area contributed by atoms with E-state index in [-0.39, 0.29) is 17.9 Å². The molecule has 6 nitrogen and oxygen atoms in total. The summed E-state index contributed by atoms with van der Waals surface area (Å²) in [4.78, 5) is 32.3. The van der Waals surface area contributed by atoms with Crippen LogP contribution < -0.4 is 5.32 Å².